The van der Waals surface area contributed by atoms with Crippen LogP contribution in [0.3, 0.4) is 0 Å². The molecule has 3 unspecified atom stereocenters. The van der Waals surface area contributed by atoms with Crippen molar-refractivity contribution in [2.24, 2.45) is 0 Å². The molecule has 1 fully saturated rings. The number of ether oxygens (including phenoxy) is 1. The van der Waals surface area contributed by atoms with Crippen LogP contribution in [0.2, 0.25) is 0 Å². The number of aryl methyl sites for hydroxylation is 1. The highest BCUT2D eigenvalue weighted by Gasteiger charge is 2.38. The van der Waals surface area contributed by atoms with Gasteiger partial charge in [-0.25, -0.2) is 9.36 Å². The van der Waals surface area contributed by atoms with E-state index in [1.165, 1.54) is 10.8 Å². The van der Waals surface area contributed by atoms with Crippen LogP contribution >= 0.6 is 7.82 Å². The van der Waals surface area contributed by atoms with E-state index in [-0.39, 0.29) is 26.2 Å². The fourth-order valence-electron chi connectivity index (χ4n) is 3.57. The number of hydrogen-bond acceptors (Lipinski definition) is 8. The molecule has 1 saturated heterocycles. The van der Waals surface area contributed by atoms with Crippen molar-refractivity contribution in [3.8, 4) is 0 Å². The average Bonchev–Trinajstić information content (AvgIpc) is 3.24. The summed E-state index contributed by atoms with van der Waals surface area (Å²) in [4.78, 5) is 26.0. The highest BCUT2D eigenvalue weighted by Crippen LogP contribution is 2.51. The molecule has 10 nitrogen and oxygen atoms in total. The lowest BCUT2D eigenvalue weighted by Gasteiger charge is -2.21. The van der Waals surface area contributed by atoms with Gasteiger partial charge < -0.3 is 9.84 Å². The van der Waals surface area contributed by atoms with E-state index in [0.29, 0.717) is 5.56 Å². The van der Waals surface area contributed by atoms with Crippen molar-refractivity contribution in [1.29, 1.82) is 0 Å². The van der Waals surface area contributed by atoms with Gasteiger partial charge in [0, 0.05) is 18.2 Å². The maximum Gasteiger partial charge on any atom is 0.475 e. The number of aliphatic hydroxyl groups is 1. The number of nitrogens with zero attached hydrogens (tertiary/aromatic N) is 1. The highest BCUT2D eigenvalue weighted by molar-refractivity contribution is 7.48. The monoisotopic (exact) mass is 502 g/mol. The summed E-state index contributed by atoms with van der Waals surface area (Å²) < 4.78 is 37.1. The van der Waals surface area contributed by atoms with Gasteiger partial charge in [-0.15, -0.1) is 0 Å². The number of aromatic amines is 1. The Balaban J connectivity index is 1.43. The minimum absolute atomic E-state index is 0.00431. The van der Waals surface area contributed by atoms with Crippen LogP contribution in [0.5, 0.6) is 0 Å². The molecule has 0 aliphatic carbocycles. The second kappa shape index (κ2) is 11.3. The van der Waals surface area contributed by atoms with Gasteiger partial charge in [0.2, 0.25) is 0 Å². The predicted octanol–water partition coefficient (Wildman–Crippen LogP) is 3.05. The molecule has 3 aromatic rings. The fraction of sp³-hybridized carbons (Fsp3) is 0.333. The van der Waals surface area contributed by atoms with Gasteiger partial charge in [0.1, 0.15) is 12.3 Å². The summed E-state index contributed by atoms with van der Waals surface area (Å²) in [6, 6.07) is 18.3. The largest absolute Gasteiger partial charge is 0.475 e. The first-order valence-electron chi connectivity index (χ1n) is 11.1. The number of phosphoric ester groups is 1. The first-order valence-corrected chi connectivity index (χ1v) is 12.6. The summed E-state index contributed by atoms with van der Waals surface area (Å²) in [5.74, 6) is 0. The van der Waals surface area contributed by atoms with Crippen LogP contribution < -0.4 is 11.2 Å². The maximum atomic E-state index is 13.4. The number of aliphatic hydroxyl groups excluding tert-OH is 1. The summed E-state index contributed by atoms with van der Waals surface area (Å²) in [6.07, 6.45) is -1.27. The molecule has 35 heavy (non-hydrogen) atoms. The van der Waals surface area contributed by atoms with Gasteiger partial charge in [0.15, 0.2) is 0 Å². The van der Waals surface area contributed by atoms with E-state index in [9.17, 15) is 19.3 Å². The molecule has 0 amide bonds. The molecule has 2 heterocycles. The van der Waals surface area contributed by atoms with Gasteiger partial charge in [0.05, 0.1) is 25.9 Å². The molecule has 1 aliphatic heterocycles. The summed E-state index contributed by atoms with van der Waals surface area (Å²) in [5.41, 5.74) is 0.754. The number of H-pyrrole nitrogens is 1. The molecular weight excluding hydrogens is 475 g/mol. The Morgan fingerprint density at radius 3 is 2.14 bits per heavy atom. The van der Waals surface area contributed by atoms with Gasteiger partial charge >= 0.3 is 13.5 Å². The molecule has 0 saturated carbocycles. The van der Waals surface area contributed by atoms with E-state index >= 15 is 0 Å². The Hall–Kier alpha value is -2.85. The van der Waals surface area contributed by atoms with E-state index in [0.717, 1.165) is 11.1 Å². The minimum atomic E-state index is -4.05. The molecule has 11 heteroatoms. The van der Waals surface area contributed by atoms with Crippen LogP contribution in [-0.2, 0) is 36.1 Å². The van der Waals surface area contributed by atoms with Gasteiger partial charge in [-0.05, 0) is 18.1 Å². The van der Waals surface area contributed by atoms with Crippen LogP contribution in [0.15, 0.2) is 76.4 Å². The van der Waals surface area contributed by atoms with E-state index in [1.54, 1.807) is 6.92 Å². The Morgan fingerprint density at radius 1 is 1.00 bits per heavy atom. The molecule has 1 aliphatic rings. The second-order valence-electron chi connectivity index (χ2n) is 8.17. The maximum absolute atomic E-state index is 13.4. The molecule has 2 N–H and O–H groups in total. The lowest BCUT2D eigenvalue weighted by molar-refractivity contribution is -0.0488. The fourth-order valence-corrected chi connectivity index (χ4v) is 4.74. The summed E-state index contributed by atoms with van der Waals surface area (Å²) >= 11 is 0. The average molecular weight is 502 g/mol. The van der Waals surface area contributed by atoms with E-state index in [4.69, 9.17) is 18.3 Å². The molecule has 0 radical (unpaired) electrons. The molecule has 0 spiro atoms. The number of aromatic nitrogens is 2. The summed E-state index contributed by atoms with van der Waals surface area (Å²) in [6.45, 7) is 1.26. The quantitative estimate of drug-likeness (QED) is 0.405. The second-order valence-corrected chi connectivity index (χ2v) is 9.84. The normalized spacial score (nSPS) is 20.2. The Bertz CT molecular complexity index is 1230. The van der Waals surface area contributed by atoms with Gasteiger partial charge in [-0.3, -0.25) is 27.9 Å². The van der Waals surface area contributed by atoms with Crippen molar-refractivity contribution < 1.29 is 28.0 Å². The van der Waals surface area contributed by atoms with Crippen molar-refractivity contribution in [2.45, 2.75) is 45.0 Å². The van der Waals surface area contributed by atoms with E-state index < -0.39 is 37.5 Å². The zero-order valence-electron chi connectivity index (χ0n) is 19.1. The van der Waals surface area contributed by atoms with Crippen LogP contribution in [0.1, 0.15) is 29.3 Å². The van der Waals surface area contributed by atoms with Crippen molar-refractivity contribution in [3.63, 3.8) is 0 Å². The Kier molecular flexibility index (Phi) is 8.12. The molecule has 0 bridgehead atoms. The molecule has 2 aromatic carbocycles. The first kappa shape index (κ1) is 25.2. The number of rotatable bonds is 10. The third kappa shape index (κ3) is 6.64. The van der Waals surface area contributed by atoms with Crippen LogP contribution in [-0.4, -0.2) is 33.5 Å². The van der Waals surface area contributed by atoms with Gasteiger partial charge in [-0.1, -0.05) is 60.7 Å². The Morgan fingerprint density at radius 2 is 1.57 bits per heavy atom. The van der Waals surface area contributed by atoms with E-state index in [2.05, 4.69) is 4.98 Å². The molecular formula is C24H27N2O8P. The molecule has 1 aromatic heterocycles. The third-order valence-electron chi connectivity index (χ3n) is 5.52. The predicted molar refractivity (Wildman–Crippen MR) is 127 cm³/mol. The number of phosphoric acid groups is 1. The summed E-state index contributed by atoms with van der Waals surface area (Å²) in [5, 5.41) is 10.5. The van der Waals surface area contributed by atoms with Crippen LogP contribution in [0.4, 0.5) is 0 Å². The van der Waals surface area contributed by atoms with Crippen molar-refractivity contribution in [2.75, 3.05) is 6.61 Å². The number of benzene rings is 2. The van der Waals surface area contributed by atoms with Crippen molar-refractivity contribution in [3.05, 3.63) is 104 Å². The zero-order chi connectivity index (χ0) is 24.8. The lowest BCUT2D eigenvalue weighted by atomic mass is 10.2. The lowest BCUT2D eigenvalue weighted by Crippen LogP contribution is -2.33. The smallest absolute Gasteiger partial charge is 0.390 e. The van der Waals surface area contributed by atoms with E-state index in [1.807, 2.05) is 60.7 Å². The minimum Gasteiger partial charge on any atom is -0.390 e. The number of hydrogen-bond donors (Lipinski definition) is 2. The standard InChI is InChI=1S/C24H27N2O8P/c1-17-13-26(24(29)25-23(17)28)22-12-20(27)21(34-22)16-33-35(30,31-14-18-8-4-2-5-9-18)32-15-19-10-6-3-7-11-19/h2-11,13,20-22,27H,12,14-16H2,1H3,(H,25,28,29). The zero-order valence-corrected chi connectivity index (χ0v) is 20.0. The summed E-state index contributed by atoms with van der Waals surface area (Å²) in [7, 11) is -4.05. The Labute approximate surface area is 201 Å². The van der Waals surface area contributed by atoms with Gasteiger partial charge in [-0.2, -0.15) is 0 Å². The highest BCUT2D eigenvalue weighted by atomic mass is 31.2. The van der Waals surface area contributed by atoms with Crippen LogP contribution in [0.25, 0.3) is 0 Å². The SMILES string of the molecule is Cc1cn(C2CC(O)C(COP(=O)(OCc3ccccc3)OCc3ccccc3)O2)c(=O)[nH]c1=O. The number of nitrogens with one attached hydrogen (secondary N) is 1. The van der Waals surface area contributed by atoms with Crippen LogP contribution in [0, 0.1) is 6.92 Å². The molecule has 3 atom stereocenters. The molecule has 186 valence electrons. The third-order valence-corrected chi connectivity index (χ3v) is 6.88. The molecule has 4 rings (SSSR count). The van der Waals surface area contributed by atoms with Crippen molar-refractivity contribution >= 4 is 7.82 Å². The first-order chi connectivity index (χ1) is 16.8. The van der Waals surface area contributed by atoms with Gasteiger partial charge in [0.25, 0.3) is 5.56 Å². The van der Waals surface area contributed by atoms with Crippen molar-refractivity contribution in [1.82, 2.24) is 9.55 Å². The topological polar surface area (TPSA) is 129 Å².